The lowest BCUT2D eigenvalue weighted by molar-refractivity contribution is 0.0861. The Hall–Kier alpha value is -0.860. The van der Waals surface area contributed by atoms with E-state index in [1.807, 2.05) is 0 Å². The molecule has 2 N–H and O–H groups in total. The summed E-state index contributed by atoms with van der Waals surface area (Å²) in [6.07, 6.45) is 15.2. The summed E-state index contributed by atoms with van der Waals surface area (Å²) < 4.78 is 0. The maximum atomic E-state index is 10.1. The minimum Gasteiger partial charge on any atom is -0.393 e. The fourth-order valence-electron chi connectivity index (χ4n) is 6.73. The summed E-state index contributed by atoms with van der Waals surface area (Å²) in [5.74, 6) is 3.20. The molecule has 0 saturated heterocycles. The topological polar surface area (TPSA) is 40.5 Å². The van der Waals surface area contributed by atoms with Crippen molar-refractivity contribution in [1.82, 2.24) is 0 Å². The lowest BCUT2D eigenvalue weighted by Gasteiger charge is -2.44. The van der Waals surface area contributed by atoms with Crippen molar-refractivity contribution in [3.63, 3.8) is 0 Å². The minimum absolute atomic E-state index is 0.420. The Morgan fingerprint density at radius 3 is 2.62 bits per heavy atom. The van der Waals surface area contributed by atoms with E-state index in [9.17, 15) is 10.2 Å². The third-order valence-corrected chi connectivity index (χ3v) is 8.43. The molecule has 0 radical (unpaired) electrons. The summed E-state index contributed by atoms with van der Waals surface area (Å²) in [6, 6.07) is 0. The van der Waals surface area contributed by atoms with Crippen LogP contribution in [0.25, 0.3) is 0 Å². The quantitative estimate of drug-likeness (QED) is 0.528. The predicted octanol–water partition coefficient (Wildman–Crippen LogP) is 6.59. The first-order valence-corrected chi connectivity index (χ1v) is 12.2. The van der Waals surface area contributed by atoms with E-state index >= 15 is 0 Å². The molecule has 164 valence electrons. The summed E-state index contributed by atoms with van der Waals surface area (Å²) in [7, 11) is 0. The largest absolute Gasteiger partial charge is 0.393 e. The molecular formula is C27H44O2. The van der Waals surface area contributed by atoms with E-state index in [1.54, 1.807) is 5.57 Å². The predicted molar refractivity (Wildman–Crippen MR) is 123 cm³/mol. The van der Waals surface area contributed by atoms with Gasteiger partial charge in [0.25, 0.3) is 0 Å². The summed E-state index contributed by atoms with van der Waals surface area (Å²) in [5.41, 5.74) is 3.88. The molecule has 0 aliphatic heterocycles. The Morgan fingerprint density at radius 1 is 1.14 bits per heavy atom. The van der Waals surface area contributed by atoms with Gasteiger partial charge in [0.05, 0.1) is 12.2 Å². The van der Waals surface area contributed by atoms with E-state index in [1.165, 1.54) is 51.4 Å². The van der Waals surface area contributed by atoms with Crippen molar-refractivity contribution in [2.75, 3.05) is 0 Å². The van der Waals surface area contributed by atoms with Gasteiger partial charge in [-0.3, -0.25) is 0 Å². The highest BCUT2D eigenvalue weighted by Crippen LogP contribution is 2.59. The van der Waals surface area contributed by atoms with Crippen LogP contribution in [-0.4, -0.2) is 22.4 Å². The summed E-state index contributed by atoms with van der Waals surface area (Å²) in [4.78, 5) is 0. The second-order valence-corrected chi connectivity index (χ2v) is 11.0. The van der Waals surface area contributed by atoms with Crippen LogP contribution in [-0.2, 0) is 0 Å². The van der Waals surface area contributed by atoms with Crippen LogP contribution >= 0.6 is 0 Å². The van der Waals surface area contributed by atoms with Crippen molar-refractivity contribution < 1.29 is 10.2 Å². The Balaban J connectivity index is 1.71. The smallest absolute Gasteiger partial charge is 0.0811 e. The van der Waals surface area contributed by atoms with Gasteiger partial charge in [-0.25, -0.2) is 0 Å². The monoisotopic (exact) mass is 400 g/mol. The minimum atomic E-state index is -0.595. The van der Waals surface area contributed by atoms with Crippen molar-refractivity contribution in [3.8, 4) is 0 Å². The van der Waals surface area contributed by atoms with Crippen molar-refractivity contribution >= 4 is 0 Å². The van der Waals surface area contributed by atoms with E-state index in [2.05, 4.69) is 46.4 Å². The molecule has 0 aromatic carbocycles. The maximum Gasteiger partial charge on any atom is 0.0811 e. The van der Waals surface area contributed by atoms with Crippen LogP contribution < -0.4 is 0 Å². The number of hydrogen-bond acceptors (Lipinski definition) is 2. The molecule has 3 aliphatic carbocycles. The van der Waals surface area contributed by atoms with E-state index in [0.717, 1.165) is 28.9 Å². The zero-order valence-electron chi connectivity index (χ0n) is 19.3. The molecule has 3 rings (SSSR count). The molecule has 3 aliphatic rings. The van der Waals surface area contributed by atoms with Crippen LogP contribution in [0.5, 0.6) is 0 Å². The molecule has 4 unspecified atom stereocenters. The lowest BCUT2D eigenvalue weighted by atomic mass is 9.60. The zero-order valence-corrected chi connectivity index (χ0v) is 19.3. The van der Waals surface area contributed by atoms with Crippen LogP contribution in [0.4, 0.5) is 0 Å². The molecule has 0 aromatic rings. The number of aliphatic hydroxyl groups excluding tert-OH is 2. The molecular weight excluding hydrogens is 356 g/mol. The third kappa shape index (κ3) is 5.07. The second kappa shape index (κ2) is 9.52. The van der Waals surface area contributed by atoms with Crippen molar-refractivity contribution in [2.24, 2.45) is 29.1 Å². The number of hydrogen-bond donors (Lipinski definition) is 2. The van der Waals surface area contributed by atoms with Gasteiger partial charge in [-0.15, -0.1) is 0 Å². The fourth-order valence-corrected chi connectivity index (χ4v) is 6.73. The molecule has 3 saturated carbocycles. The molecule has 0 heterocycles. The average Bonchev–Trinajstić information content (AvgIpc) is 3.00. The Morgan fingerprint density at radius 2 is 1.90 bits per heavy atom. The van der Waals surface area contributed by atoms with Gasteiger partial charge in [-0.1, -0.05) is 71.3 Å². The van der Waals surface area contributed by atoms with Gasteiger partial charge in [0.15, 0.2) is 0 Å². The number of aliphatic hydroxyl groups is 2. The van der Waals surface area contributed by atoms with Crippen LogP contribution in [0, 0.1) is 29.1 Å². The standard InChI is InChI=1S/C27H44O2/c1-18(2)8-6-9-19(3)24-13-14-25-21(10-7-15-27(24,25)5)11-12-22-16-23(28)17-26(29)20(22)4/h11-12,18-19,23-26,28-29H,4,6-10,13-17H2,1-3,5H3/t19?,23?,24?,25-,26?,27+/m0/s1. The Kier molecular flexibility index (Phi) is 7.49. The highest BCUT2D eigenvalue weighted by atomic mass is 16.3. The molecule has 0 spiro atoms. The summed E-state index contributed by atoms with van der Waals surface area (Å²) >= 11 is 0. The maximum absolute atomic E-state index is 10.1. The first-order chi connectivity index (χ1) is 13.7. The fraction of sp³-hybridized carbons (Fsp3) is 0.778. The van der Waals surface area contributed by atoms with Crippen molar-refractivity contribution in [1.29, 1.82) is 0 Å². The van der Waals surface area contributed by atoms with E-state index in [-0.39, 0.29) is 0 Å². The molecule has 2 heteroatoms. The highest BCUT2D eigenvalue weighted by molar-refractivity contribution is 5.38. The van der Waals surface area contributed by atoms with Gasteiger partial charge < -0.3 is 10.2 Å². The molecule has 0 aromatic heterocycles. The SMILES string of the molecule is C=C1C(=CC=C2CCC[C@]3(C)C(C(C)CCCC(C)C)CC[C@@H]23)CC(O)CC1O. The van der Waals surface area contributed by atoms with Crippen LogP contribution in [0.2, 0.25) is 0 Å². The third-order valence-electron chi connectivity index (χ3n) is 8.43. The Labute approximate surface area is 179 Å². The first kappa shape index (κ1) is 22.8. The molecule has 2 nitrogen and oxygen atoms in total. The van der Waals surface area contributed by atoms with Crippen LogP contribution in [0.3, 0.4) is 0 Å². The van der Waals surface area contributed by atoms with Gasteiger partial charge >= 0.3 is 0 Å². The van der Waals surface area contributed by atoms with Crippen molar-refractivity contribution in [2.45, 2.75) is 104 Å². The molecule has 3 fully saturated rings. The van der Waals surface area contributed by atoms with Gasteiger partial charge in [0.1, 0.15) is 0 Å². The Bertz CT molecular complexity index is 643. The molecule has 6 atom stereocenters. The zero-order chi connectivity index (χ0) is 21.2. The van der Waals surface area contributed by atoms with Gasteiger partial charge in [0, 0.05) is 6.42 Å². The van der Waals surface area contributed by atoms with E-state index < -0.39 is 12.2 Å². The normalized spacial score (nSPS) is 39.3. The second-order valence-electron chi connectivity index (χ2n) is 11.0. The molecule has 29 heavy (non-hydrogen) atoms. The lowest BCUT2D eigenvalue weighted by Crippen LogP contribution is -2.36. The summed E-state index contributed by atoms with van der Waals surface area (Å²) in [6.45, 7) is 13.8. The number of allylic oxidation sites excluding steroid dienone is 3. The van der Waals surface area contributed by atoms with Gasteiger partial charge in [0.2, 0.25) is 0 Å². The number of fused-ring (bicyclic) bond motifs is 1. The molecule has 0 amide bonds. The first-order valence-electron chi connectivity index (χ1n) is 12.2. The van der Waals surface area contributed by atoms with Crippen molar-refractivity contribution in [3.05, 3.63) is 35.5 Å². The van der Waals surface area contributed by atoms with E-state index in [4.69, 9.17) is 0 Å². The number of rotatable bonds is 6. The average molecular weight is 401 g/mol. The molecule has 0 bridgehead atoms. The van der Waals surface area contributed by atoms with Gasteiger partial charge in [-0.05, 0) is 78.8 Å². The summed E-state index contributed by atoms with van der Waals surface area (Å²) in [5, 5.41) is 20.2. The van der Waals surface area contributed by atoms with Gasteiger partial charge in [-0.2, -0.15) is 0 Å². The highest BCUT2D eigenvalue weighted by Gasteiger charge is 2.50. The van der Waals surface area contributed by atoms with E-state index in [0.29, 0.717) is 24.2 Å². The van der Waals surface area contributed by atoms with Crippen LogP contribution in [0.1, 0.15) is 91.9 Å². The van der Waals surface area contributed by atoms with Crippen LogP contribution in [0.15, 0.2) is 35.5 Å².